The number of carbonyl (C=O) groups excluding carboxylic acids is 1. The number of halogens is 3. The molecule has 2 atom stereocenters. The summed E-state index contributed by atoms with van der Waals surface area (Å²) in [6, 6.07) is 3.13. The van der Waals surface area contributed by atoms with Crippen LogP contribution in [0.4, 0.5) is 13.2 Å². The normalized spacial score (nSPS) is 12.5. The molecule has 1 amide bonds. The summed E-state index contributed by atoms with van der Waals surface area (Å²) in [6.07, 6.45) is 4.67. The maximum atomic E-state index is 13.5. The molecule has 2 rings (SSSR count). The SMILES string of the molecule is CCC(CC)Oc1ccc(F)c(F)c1.CCC(F)C(CC)NC(=O)c1nccnc1C. The summed E-state index contributed by atoms with van der Waals surface area (Å²) < 4.78 is 44.3. The smallest absolute Gasteiger partial charge is 0.272 e. The molecule has 1 aromatic carbocycles. The molecule has 1 N–H and O–H groups in total. The molecule has 0 bridgehead atoms. The third-order valence-corrected chi connectivity index (χ3v) is 4.78. The lowest BCUT2D eigenvalue weighted by molar-refractivity contribution is 0.0899. The number of amides is 1. The van der Waals surface area contributed by atoms with Gasteiger partial charge in [0.2, 0.25) is 0 Å². The molecule has 0 aliphatic carbocycles. The maximum absolute atomic E-state index is 13.5. The van der Waals surface area contributed by atoms with E-state index in [-0.39, 0.29) is 17.7 Å². The summed E-state index contributed by atoms with van der Waals surface area (Å²) in [4.78, 5) is 19.8. The van der Waals surface area contributed by atoms with Gasteiger partial charge < -0.3 is 10.1 Å². The standard InChI is InChI=1S/C12H18FN3O.C11H14F2O/c1-4-9(13)10(5-2)16-12(17)11-8(3)14-6-7-15-11;1-3-8(4-2)14-9-5-6-10(12)11(13)7-9/h6-7,9-10H,4-5H2,1-3H3,(H,16,17);5-8H,3-4H2,1-2H3. The molecule has 2 unspecified atom stereocenters. The first-order valence-electron chi connectivity index (χ1n) is 10.6. The van der Waals surface area contributed by atoms with Gasteiger partial charge in [-0.25, -0.2) is 18.2 Å². The van der Waals surface area contributed by atoms with Crippen molar-refractivity contribution >= 4 is 5.91 Å². The summed E-state index contributed by atoms with van der Waals surface area (Å²) in [7, 11) is 0. The third kappa shape index (κ3) is 8.55. The van der Waals surface area contributed by atoms with Crippen molar-refractivity contribution < 1.29 is 22.7 Å². The quantitative estimate of drug-likeness (QED) is 0.555. The zero-order valence-corrected chi connectivity index (χ0v) is 18.8. The van der Waals surface area contributed by atoms with Crippen LogP contribution in [0.1, 0.15) is 69.6 Å². The van der Waals surface area contributed by atoms with E-state index in [9.17, 15) is 18.0 Å². The molecule has 0 spiro atoms. The minimum Gasteiger partial charge on any atom is -0.490 e. The number of ether oxygens (including phenoxy) is 1. The van der Waals surface area contributed by atoms with Gasteiger partial charge in [-0.15, -0.1) is 0 Å². The van der Waals surface area contributed by atoms with Crippen molar-refractivity contribution in [3.8, 4) is 5.75 Å². The van der Waals surface area contributed by atoms with Crippen LogP contribution in [0.2, 0.25) is 0 Å². The molecule has 0 saturated heterocycles. The number of aryl methyl sites for hydroxylation is 1. The van der Waals surface area contributed by atoms with Crippen molar-refractivity contribution in [1.82, 2.24) is 15.3 Å². The van der Waals surface area contributed by atoms with E-state index >= 15 is 0 Å². The van der Waals surface area contributed by atoms with E-state index in [0.717, 1.165) is 25.0 Å². The Hall–Kier alpha value is -2.64. The molecule has 0 aliphatic heterocycles. The summed E-state index contributed by atoms with van der Waals surface area (Å²) in [5, 5.41) is 2.66. The van der Waals surface area contributed by atoms with Gasteiger partial charge >= 0.3 is 0 Å². The number of aromatic nitrogens is 2. The van der Waals surface area contributed by atoms with Crippen LogP contribution < -0.4 is 10.1 Å². The largest absolute Gasteiger partial charge is 0.490 e. The fraction of sp³-hybridized carbons (Fsp3) is 0.522. The Morgan fingerprint density at radius 3 is 2.16 bits per heavy atom. The van der Waals surface area contributed by atoms with Gasteiger partial charge in [-0.1, -0.05) is 27.7 Å². The topological polar surface area (TPSA) is 64.1 Å². The highest BCUT2D eigenvalue weighted by atomic mass is 19.2. The molecule has 5 nitrogen and oxygen atoms in total. The van der Waals surface area contributed by atoms with Gasteiger partial charge in [-0.05, 0) is 44.7 Å². The first-order valence-corrected chi connectivity index (χ1v) is 10.6. The number of rotatable bonds is 9. The molecule has 8 heteroatoms. The predicted molar refractivity (Wildman–Crippen MR) is 115 cm³/mol. The fourth-order valence-corrected chi connectivity index (χ4v) is 2.80. The lowest BCUT2D eigenvalue weighted by atomic mass is 10.1. The highest BCUT2D eigenvalue weighted by Gasteiger charge is 2.21. The number of hydrogen-bond acceptors (Lipinski definition) is 4. The van der Waals surface area contributed by atoms with Crippen LogP contribution in [0.3, 0.4) is 0 Å². The molecular formula is C23H32F3N3O2. The van der Waals surface area contributed by atoms with E-state index in [1.54, 1.807) is 13.8 Å². The van der Waals surface area contributed by atoms with E-state index in [2.05, 4.69) is 15.3 Å². The molecule has 1 aromatic heterocycles. The molecule has 0 aliphatic rings. The number of hydrogen-bond donors (Lipinski definition) is 1. The molecule has 1 heterocycles. The van der Waals surface area contributed by atoms with Gasteiger partial charge in [-0.3, -0.25) is 9.78 Å². The van der Waals surface area contributed by atoms with Crippen molar-refractivity contribution in [3.05, 3.63) is 53.6 Å². The molecule has 0 fully saturated rings. The van der Waals surface area contributed by atoms with E-state index in [0.29, 0.717) is 24.3 Å². The second-order valence-electron chi connectivity index (χ2n) is 7.04. The summed E-state index contributed by atoms with van der Waals surface area (Å²) in [5.41, 5.74) is 0.806. The van der Waals surface area contributed by atoms with Crippen LogP contribution in [0.25, 0.3) is 0 Å². The molecule has 31 heavy (non-hydrogen) atoms. The van der Waals surface area contributed by atoms with Crippen molar-refractivity contribution in [2.45, 2.75) is 78.6 Å². The second-order valence-corrected chi connectivity index (χ2v) is 7.04. The Morgan fingerprint density at radius 2 is 1.65 bits per heavy atom. The Bertz CT molecular complexity index is 816. The fourth-order valence-electron chi connectivity index (χ4n) is 2.80. The van der Waals surface area contributed by atoms with Gasteiger partial charge in [-0.2, -0.15) is 0 Å². The van der Waals surface area contributed by atoms with Gasteiger partial charge in [0.05, 0.1) is 17.8 Å². The molecule has 2 aromatic rings. The monoisotopic (exact) mass is 439 g/mol. The number of benzene rings is 1. The first-order chi connectivity index (χ1) is 14.8. The van der Waals surface area contributed by atoms with E-state index < -0.39 is 23.8 Å². The minimum atomic E-state index is -1.03. The van der Waals surface area contributed by atoms with Gasteiger partial charge in [0.25, 0.3) is 5.91 Å². The zero-order valence-electron chi connectivity index (χ0n) is 18.8. The maximum Gasteiger partial charge on any atom is 0.272 e. The Morgan fingerprint density at radius 1 is 1.00 bits per heavy atom. The Kier molecular flexibility index (Phi) is 11.6. The van der Waals surface area contributed by atoms with Crippen molar-refractivity contribution in [2.75, 3.05) is 0 Å². The predicted octanol–water partition coefficient (Wildman–Crippen LogP) is 5.57. The molecule has 0 radical (unpaired) electrons. The highest BCUT2D eigenvalue weighted by molar-refractivity contribution is 5.93. The minimum absolute atomic E-state index is 0.0693. The van der Waals surface area contributed by atoms with Crippen LogP contribution in [-0.4, -0.2) is 34.2 Å². The van der Waals surface area contributed by atoms with E-state index in [1.165, 1.54) is 18.5 Å². The van der Waals surface area contributed by atoms with Gasteiger partial charge in [0, 0.05) is 18.5 Å². The van der Waals surface area contributed by atoms with Crippen molar-refractivity contribution in [1.29, 1.82) is 0 Å². The number of carbonyl (C=O) groups is 1. The van der Waals surface area contributed by atoms with Crippen molar-refractivity contribution in [2.24, 2.45) is 0 Å². The van der Waals surface area contributed by atoms with Gasteiger partial charge in [0.15, 0.2) is 11.6 Å². The number of nitrogens with one attached hydrogen (secondary N) is 1. The van der Waals surface area contributed by atoms with Crippen LogP contribution in [-0.2, 0) is 0 Å². The second kappa shape index (κ2) is 13.6. The first kappa shape index (κ1) is 26.4. The van der Waals surface area contributed by atoms with E-state index in [1.807, 2.05) is 20.8 Å². The lowest BCUT2D eigenvalue weighted by Crippen LogP contribution is -2.41. The summed E-state index contributed by atoms with van der Waals surface area (Å²) in [6.45, 7) is 9.29. The lowest BCUT2D eigenvalue weighted by Gasteiger charge is -2.20. The molecule has 0 saturated carbocycles. The van der Waals surface area contributed by atoms with Crippen LogP contribution in [0.5, 0.6) is 5.75 Å². The average molecular weight is 440 g/mol. The highest BCUT2D eigenvalue weighted by Crippen LogP contribution is 2.18. The Balaban J connectivity index is 0.000000316. The van der Waals surface area contributed by atoms with Gasteiger partial charge in [0.1, 0.15) is 17.6 Å². The van der Waals surface area contributed by atoms with Crippen LogP contribution in [0, 0.1) is 18.6 Å². The third-order valence-electron chi connectivity index (χ3n) is 4.78. The van der Waals surface area contributed by atoms with Crippen LogP contribution in [0.15, 0.2) is 30.6 Å². The number of alkyl halides is 1. The van der Waals surface area contributed by atoms with Crippen LogP contribution >= 0.6 is 0 Å². The Labute approximate surface area is 182 Å². The number of nitrogens with zero attached hydrogens (tertiary/aromatic N) is 2. The van der Waals surface area contributed by atoms with Crippen molar-refractivity contribution in [3.63, 3.8) is 0 Å². The molecular weight excluding hydrogens is 407 g/mol. The van der Waals surface area contributed by atoms with E-state index in [4.69, 9.17) is 4.74 Å². The zero-order chi connectivity index (χ0) is 23.4. The average Bonchev–Trinajstić information content (AvgIpc) is 2.78. The summed E-state index contributed by atoms with van der Waals surface area (Å²) in [5.74, 6) is -1.69. The molecule has 172 valence electrons. The summed E-state index contributed by atoms with van der Waals surface area (Å²) >= 11 is 0.